The Bertz CT molecular complexity index is 1100. The van der Waals surface area contributed by atoms with Gasteiger partial charge in [-0.1, -0.05) is 0 Å². The molecule has 3 aromatic heterocycles. The minimum atomic E-state index is -0.382. The van der Waals surface area contributed by atoms with Crippen molar-refractivity contribution in [1.29, 1.82) is 0 Å². The zero-order chi connectivity index (χ0) is 16.7. The fourth-order valence-corrected chi connectivity index (χ4v) is 3.24. The van der Waals surface area contributed by atoms with Gasteiger partial charge in [0.05, 0.1) is 4.88 Å². The third kappa shape index (κ3) is 2.74. The number of rotatable bonds is 3. The van der Waals surface area contributed by atoms with Crippen LogP contribution in [0.4, 0.5) is 4.39 Å². The van der Waals surface area contributed by atoms with Crippen LogP contribution >= 0.6 is 11.3 Å². The average molecular weight is 341 g/mol. The summed E-state index contributed by atoms with van der Waals surface area (Å²) in [5.74, 6) is -0.0718. The average Bonchev–Trinajstić information content (AvgIpc) is 3.15. The summed E-state index contributed by atoms with van der Waals surface area (Å²) >= 11 is 1.61. The van der Waals surface area contributed by atoms with Crippen molar-refractivity contribution >= 4 is 22.4 Å². The highest BCUT2D eigenvalue weighted by molar-refractivity contribution is 7.15. The number of nitrogens with zero attached hydrogens (tertiary/aromatic N) is 3. The molecule has 5 nitrogen and oxygen atoms in total. The highest BCUT2D eigenvalue weighted by atomic mass is 32.1. The Hall–Kier alpha value is -2.80. The summed E-state index contributed by atoms with van der Waals surface area (Å²) in [5.41, 5.74) is 1.36. The Labute approximate surface area is 140 Å². The molecular weight excluding hydrogens is 329 g/mol. The van der Waals surface area contributed by atoms with Crippen molar-refractivity contribution < 1.29 is 8.81 Å². The molecule has 0 aliphatic heterocycles. The van der Waals surface area contributed by atoms with Crippen LogP contribution in [0.1, 0.15) is 10.8 Å². The minimum absolute atomic E-state index is 0.0906. The van der Waals surface area contributed by atoms with E-state index in [2.05, 4.69) is 10.1 Å². The lowest BCUT2D eigenvalue weighted by atomic mass is 10.3. The van der Waals surface area contributed by atoms with Crippen molar-refractivity contribution in [3.63, 3.8) is 0 Å². The van der Waals surface area contributed by atoms with Gasteiger partial charge in [0, 0.05) is 17.0 Å². The molecular formula is C17H12FN3O2S. The largest absolute Gasteiger partial charge is 0.439 e. The topological polar surface area (TPSA) is 60.9 Å². The Morgan fingerprint density at radius 3 is 2.88 bits per heavy atom. The molecule has 0 saturated heterocycles. The van der Waals surface area contributed by atoms with Crippen LogP contribution < -0.4 is 5.56 Å². The van der Waals surface area contributed by atoms with E-state index in [-0.39, 0.29) is 17.9 Å². The van der Waals surface area contributed by atoms with Gasteiger partial charge in [0.1, 0.15) is 23.6 Å². The number of fused-ring (bicyclic) bond motifs is 1. The van der Waals surface area contributed by atoms with E-state index in [9.17, 15) is 9.18 Å². The van der Waals surface area contributed by atoms with E-state index in [0.717, 1.165) is 10.6 Å². The second kappa shape index (κ2) is 5.68. The van der Waals surface area contributed by atoms with Crippen LogP contribution in [0.3, 0.4) is 0 Å². The standard InChI is InChI=1S/C17H12FN3O2S/c1-10-2-6-15(24-10)12-4-7-17(22)21(20-12)9-16-19-13-8-11(18)3-5-14(13)23-16/h2-8H,9H2,1H3. The molecule has 1 aromatic carbocycles. The summed E-state index contributed by atoms with van der Waals surface area (Å²) < 4.78 is 20.1. The molecule has 0 amide bonds. The molecule has 4 rings (SSSR count). The van der Waals surface area contributed by atoms with Crippen LogP contribution in [0, 0.1) is 12.7 Å². The maximum absolute atomic E-state index is 13.2. The van der Waals surface area contributed by atoms with Gasteiger partial charge in [0.25, 0.3) is 5.56 Å². The zero-order valence-electron chi connectivity index (χ0n) is 12.7. The summed E-state index contributed by atoms with van der Waals surface area (Å²) in [5, 5.41) is 4.38. The smallest absolute Gasteiger partial charge is 0.267 e. The number of hydrogen-bond acceptors (Lipinski definition) is 5. The predicted molar refractivity (Wildman–Crippen MR) is 89.6 cm³/mol. The van der Waals surface area contributed by atoms with Gasteiger partial charge in [0.2, 0.25) is 5.89 Å². The van der Waals surface area contributed by atoms with Gasteiger partial charge in [0.15, 0.2) is 5.58 Å². The molecule has 0 unspecified atom stereocenters. The van der Waals surface area contributed by atoms with E-state index in [1.54, 1.807) is 17.4 Å². The van der Waals surface area contributed by atoms with Crippen LogP contribution in [0.2, 0.25) is 0 Å². The van der Waals surface area contributed by atoms with Crippen LogP contribution in [-0.2, 0) is 6.54 Å². The van der Waals surface area contributed by atoms with E-state index < -0.39 is 0 Å². The number of aromatic nitrogens is 3. The first kappa shape index (κ1) is 14.8. The van der Waals surface area contributed by atoms with E-state index >= 15 is 0 Å². The summed E-state index contributed by atoms with van der Waals surface area (Å²) in [6.45, 7) is 2.11. The molecule has 4 aromatic rings. The molecule has 120 valence electrons. The number of aryl methyl sites for hydroxylation is 1. The molecule has 0 atom stereocenters. The van der Waals surface area contributed by atoms with Gasteiger partial charge in [-0.15, -0.1) is 11.3 Å². The SMILES string of the molecule is Cc1ccc(-c2ccc(=O)n(Cc3nc4cc(F)ccc4o3)n2)s1. The van der Waals surface area contributed by atoms with E-state index in [1.807, 2.05) is 19.1 Å². The number of hydrogen-bond donors (Lipinski definition) is 0. The van der Waals surface area contributed by atoms with Gasteiger partial charge in [-0.2, -0.15) is 5.10 Å². The molecule has 0 radical (unpaired) electrons. The van der Waals surface area contributed by atoms with Crippen molar-refractivity contribution in [2.75, 3.05) is 0 Å². The van der Waals surface area contributed by atoms with Crippen LogP contribution in [0.25, 0.3) is 21.7 Å². The van der Waals surface area contributed by atoms with Gasteiger partial charge < -0.3 is 4.42 Å². The van der Waals surface area contributed by atoms with Crippen LogP contribution in [-0.4, -0.2) is 14.8 Å². The van der Waals surface area contributed by atoms with Gasteiger partial charge >= 0.3 is 0 Å². The molecule has 7 heteroatoms. The molecule has 0 fully saturated rings. The van der Waals surface area contributed by atoms with Crippen LogP contribution in [0.15, 0.2) is 51.7 Å². The van der Waals surface area contributed by atoms with Gasteiger partial charge in [-0.05, 0) is 37.3 Å². The highest BCUT2D eigenvalue weighted by Gasteiger charge is 2.11. The quantitative estimate of drug-likeness (QED) is 0.571. The molecule has 0 bridgehead atoms. The van der Waals surface area contributed by atoms with Crippen molar-refractivity contribution in [3.05, 3.63) is 69.4 Å². The molecule has 0 spiro atoms. The third-order valence-electron chi connectivity index (χ3n) is 3.54. The Kier molecular flexibility index (Phi) is 3.50. The molecule has 0 saturated carbocycles. The maximum Gasteiger partial charge on any atom is 0.267 e. The fraction of sp³-hybridized carbons (Fsp3) is 0.118. The van der Waals surface area contributed by atoms with E-state index in [4.69, 9.17) is 4.42 Å². The van der Waals surface area contributed by atoms with Crippen LogP contribution in [0.5, 0.6) is 0 Å². The Balaban J connectivity index is 1.71. The lowest BCUT2D eigenvalue weighted by Crippen LogP contribution is -2.22. The molecule has 24 heavy (non-hydrogen) atoms. The first-order chi connectivity index (χ1) is 11.6. The predicted octanol–water partition coefficient (Wildman–Crippen LogP) is 3.61. The first-order valence-corrected chi connectivity index (χ1v) is 8.10. The van der Waals surface area contributed by atoms with E-state index in [0.29, 0.717) is 17.0 Å². The Morgan fingerprint density at radius 1 is 1.21 bits per heavy atom. The summed E-state index contributed by atoms with van der Waals surface area (Å²) in [7, 11) is 0. The number of halogens is 1. The first-order valence-electron chi connectivity index (χ1n) is 7.28. The molecule has 0 aliphatic rings. The van der Waals surface area contributed by atoms with Gasteiger partial charge in [-0.3, -0.25) is 4.79 Å². The van der Waals surface area contributed by atoms with E-state index in [1.165, 1.54) is 33.8 Å². The second-order valence-electron chi connectivity index (χ2n) is 5.34. The summed E-state index contributed by atoms with van der Waals surface area (Å²) in [6, 6.07) is 11.3. The maximum atomic E-state index is 13.2. The fourth-order valence-electron chi connectivity index (χ4n) is 2.41. The minimum Gasteiger partial charge on any atom is -0.439 e. The summed E-state index contributed by atoms with van der Waals surface area (Å²) in [4.78, 5) is 18.4. The monoisotopic (exact) mass is 341 g/mol. The lowest BCUT2D eigenvalue weighted by molar-refractivity contribution is 0.482. The normalized spacial score (nSPS) is 11.2. The number of benzene rings is 1. The second-order valence-corrected chi connectivity index (χ2v) is 6.63. The van der Waals surface area contributed by atoms with Crippen molar-refractivity contribution in [2.45, 2.75) is 13.5 Å². The number of oxazole rings is 1. The molecule has 0 N–H and O–H groups in total. The third-order valence-corrected chi connectivity index (χ3v) is 4.56. The highest BCUT2D eigenvalue weighted by Crippen LogP contribution is 2.25. The van der Waals surface area contributed by atoms with Gasteiger partial charge in [-0.25, -0.2) is 14.1 Å². The van der Waals surface area contributed by atoms with Crippen molar-refractivity contribution in [1.82, 2.24) is 14.8 Å². The summed E-state index contributed by atoms with van der Waals surface area (Å²) in [6.07, 6.45) is 0. The Morgan fingerprint density at radius 2 is 2.08 bits per heavy atom. The number of thiophene rings is 1. The van der Waals surface area contributed by atoms with Crippen molar-refractivity contribution in [3.8, 4) is 10.6 Å². The lowest BCUT2D eigenvalue weighted by Gasteiger charge is -2.03. The molecule has 0 aliphatic carbocycles. The molecule has 3 heterocycles. The van der Waals surface area contributed by atoms with Crippen molar-refractivity contribution in [2.24, 2.45) is 0 Å². The zero-order valence-corrected chi connectivity index (χ0v) is 13.5.